The van der Waals surface area contributed by atoms with E-state index < -0.39 is 0 Å². The second-order valence-electron chi connectivity index (χ2n) is 3.02. The van der Waals surface area contributed by atoms with Gasteiger partial charge in [-0.3, -0.25) is 0 Å². The molecular formula is C9H15NOS2. The molecule has 0 spiro atoms. The average molecular weight is 217 g/mol. The fraction of sp³-hybridized carbons (Fsp3) is 0.667. The fourth-order valence-corrected chi connectivity index (χ4v) is 1.84. The lowest BCUT2D eigenvalue weighted by Crippen LogP contribution is -1.99. The van der Waals surface area contributed by atoms with Crippen LogP contribution in [0.4, 0.5) is 0 Å². The Kier molecular flexibility index (Phi) is 4.59. The summed E-state index contributed by atoms with van der Waals surface area (Å²) in [7, 11) is 0. The lowest BCUT2D eigenvalue weighted by Gasteiger charge is -2.00. The van der Waals surface area contributed by atoms with Crippen LogP contribution in [0.25, 0.3) is 0 Å². The molecule has 0 unspecified atom stereocenters. The first-order valence-electron chi connectivity index (χ1n) is 4.31. The monoisotopic (exact) mass is 217 g/mol. The third-order valence-corrected chi connectivity index (χ3v) is 3.23. The molecule has 74 valence electrons. The lowest BCUT2D eigenvalue weighted by molar-refractivity contribution is 0.331. The molecule has 0 aliphatic heterocycles. The highest BCUT2D eigenvalue weighted by molar-refractivity contribution is 7.98. The Morgan fingerprint density at radius 2 is 2.38 bits per heavy atom. The Morgan fingerprint density at radius 3 is 2.92 bits per heavy atom. The van der Waals surface area contributed by atoms with Crippen molar-refractivity contribution in [3.05, 3.63) is 10.4 Å². The third kappa shape index (κ3) is 3.56. The van der Waals surface area contributed by atoms with Gasteiger partial charge in [0.15, 0.2) is 0 Å². The Balaban J connectivity index is 2.40. The number of nitrogens with zero attached hydrogens (tertiary/aromatic N) is 1. The Hall–Kier alpha value is -0.220. The van der Waals surface area contributed by atoms with Crippen LogP contribution in [0.5, 0.6) is 5.88 Å². The first-order valence-corrected chi connectivity index (χ1v) is 6.58. The normalized spacial score (nSPS) is 10.8. The summed E-state index contributed by atoms with van der Waals surface area (Å²) < 4.78 is 5.46. The van der Waals surface area contributed by atoms with E-state index in [1.807, 2.05) is 5.38 Å². The number of hydrogen-bond acceptors (Lipinski definition) is 4. The van der Waals surface area contributed by atoms with Crippen LogP contribution < -0.4 is 4.74 Å². The van der Waals surface area contributed by atoms with E-state index in [0.29, 0.717) is 5.92 Å². The molecule has 1 aromatic heterocycles. The Labute approximate surface area is 87.7 Å². The molecule has 0 atom stereocenters. The largest absolute Gasteiger partial charge is 0.476 e. The smallest absolute Gasteiger partial charge is 0.224 e. The quantitative estimate of drug-likeness (QED) is 0.708. The number of aromatic nitrogens is 1. The molecular weight excluding hydrogens is 202 g/mol. The van der Waals surface area contributed by atoms with Gasteiger partial charge >= 0.3 is 0 Å². The molecule has 0 aliphatic rings. The number of rotatable bonds is 5. The molecule has 4 heteroatoms. The SMILES string of the molecule is CSCCOc1csc(C(C)C)n1. The zero-order valence-electron chi connectivity index (χ0n) is 8.24. The van der Waals surface area contributed by atoms with Crippen LogP contribution in [-0.2, 0) is 0 Å². The molecule has 2 nitrogen and oxygen atoms in total. The van der Waals surface area contributed by atoms with E-state index in [0.717, 1.165) is 23.2 Å². The number of hydrogen-bond donors (Lipinski definition) is 0. The lowest BCUT2D eigenvalue weighted by atomic mass is 10.2. The number of ether oxygens (including phenoxy) is 1. The molecule has 1 aromatic rings. The highest BCUT2D eigenvalue weighted by Gasteiger charge is 2.05. The van der Waals surface area contributed by atoms with Gasteiger partial charge in [0.1, 0.15) is 0 Å². The first-order chi connectivity index (χ1) is 6.24. The fourth-order valence-electron chi connectivity index (χ4n) is 0.833. The maximum atomic E-state index is 5.46. The van der Waals surface area contributed by atoms with Crippen molar-refractivity contribution in [2.75, 3.05) is 18.6 Å². The van der Waals surface area contributed by atoms with Crippen LogP contribution in [0.15, 0.2) is 5.38 Å². The van der Waals surface area contributed by atoms with Crippen LogP contribution in [0.1, 0.15) is 24.8 Å². The summed E-state index contributed by atoms with van der Waals surface area (Å²) in [6.07, 6.45) is 2.07. The summed E-state index contributed by atoms with van der Waals surface area (Å²) in [4.78, 5) is 4.37. The molecule has 1 heterocycles. The van der Waals surface area contributed by atoms with E-state index >= 15 is 0 Å². The first kappa shape index (κ1) is 10.9. The van der Waals surface area contributed by atoms with Gasteiger partial charge in [0.05, 0.1) is 17.0 Å². The Bertz CT molecular complexity index is 248. The average Bonchev–Trinajstić information content (AvgIpc) is 2.53. The Morgan fingerprint density at radius 1 is 1.62 bits per heavy atom. The van der Waals surface area contributed by atoms with E-state index in [2.05, 4.69) is 25.1 Å². The maximum Gasteiger partial charge on any atom is 0.224 e. The van der Waals surface area contributed by atoms with Crippen molar-refractivity contribution in [3.8, 4) is 5.88 Å². The molecule has 1 rings (SSSR count). The summed E-state index contributed by atoms with van der Waals surface area (Å²) >= 11 is 3.46. The minimum Gasteiger partial charge on any atom is -0.476 e. The zero-order chi connectivity index (χ0) is 9.68. The summed E-state index contributed by atoms with van der Waals surface area (Å²) in [5.41, 5.74) is 0. The van der Waals surface area contributed by atoms with E-state index in [1.54, 1.807) is 23.1 Å². The second kappa shape index (κ2) is 5.50. The molecule has 0 saturated carbocycles. The molecule has 13 heavy (non-hydrogen) atoms. The van der Waals surface area contributed by atoms with Gasteiger partial charge in [-0.05, 0) is 6.26 Å². The van der Waals surface area contributed by atoms with Crippen molar-refractivity contribution in [1.82, 2.24) is 4.98 Å². The van der Waals surface area contributed by atoms with Gasteiger partial charge in [0.2, 0.25) is 5.88 Å². The summed E-state index contributed by atoms with van der Waals surface area (Å²) in [5.74, 6) is 2.31. The van der Waals surface area contributed by atoms with Gasteiger partial charge < -0.3 is 4.74 Å². The highest BCUT2D eigenvalue weighted by Crippen LogP contribution is 2.23. The standard InChI is InChI=1S/C9H15NOS2/c1-7(2)9-10-8(6-13-9)11-4-5-12-3/h6-7H,4-5H2,1-3H3. The van der Waals surface area contributed by atoms with Gasteiger partial charge in [0, 0.05) is 11.7 Å². The number of thiazole rings is 1. The summed E-state index contributed by atoms with van der Waals surface area (Å²) in [6.45, 7) is 5.04. The summed E-state index contributed by atoms with van der Waals surface area (Å²) in [5, 5.41) is 3.13. The van der Waals surface area contributed by atoms with Crippen molar-refractivity contribution in [2.45, 2.75) is 19.8 Å². The van der Waals surface area contributed by atoms with Gasteiger partial charge in [-0.2, -0.15) is 11.8 Å². The molecule has 0 saturated heterocycles. The van der Waals surface area contributed by atoms with E-state index in [1.165, 1.54) is 0 Å². The zero-order valence-corrected chi connectivity index (χ0v) is 9.87. The molecule has 0 amide bonds. The molecule has 0 bridgehead atoms. The van der Waals surface area contributed by atoms with Crippen molar-refractivity contribution in [1.29, 1.82) is 0 Å². The van der Waals surface area contributed by atoms with Crippen LogP contribution in [-0.4, -0.2) is 23.6 Å². The topological polar surface area (TPSA) is 22.1 Å². The van der Waals surface area contributed by atoms with Gasteiger partial charge in [-0.1, -0.05) is 13.8 Å². The van der Waals surface area contributed by atoms with Gasteiger partial charge in [0.25, 0.3) is 0 Å². The van der Waals surface area contributed by atoms with Crippen molar-refractivity contribution in [2.24, 2.45) is 0 Å². The van der Waals surface area contributed by atoms with E-state index in [-0.39, 0.29) is 0 Å². The van der Waals surface area contributed by atoms with Crippen molar-refractivity contribution in [3.63, 3.8) is 0 Å². The second-order valence-corrected chi connectivity index (χ2v) is 4.90. The predicted molar refractivity (Wildman–Crippen MR) is 60.1 cm³/mol. The van der Waals surface area contributed by atoms with Crippen molar-refractivity contribution >= 4 is 23.1 Å². The van der Waals surface area contributed by atoms with E-state index in [9.17, 15) is 0 Å². The molecule has 0 aromatic carbocycles. The molecule has 0 fully saturated rings. The molecule has 0 aliphatic carbocycles. The van der Waals surface area contributed by atoms with E-state index in [4.69, 9.17) is 4.74 Å². The van der Waals surface area contributed by atoms with Gasteiger partial charge in [-0.25, -0.2) is 4.98 Å². The molecule has 0 radical (unpaired) electrons. The summed E-state index contributed by atoms with van der Waals surface area (Å²) in [6, 6.07) is 0. The van der Waals surface area contributed by atoms with Crippen LogP contribution >= 0.6 is 23.1 Å². The predicted octanol–water partition coefficient (Wildman–Crippen LogP) is 3.01. The van der Waals surface area contributed by atoms with Gasteiger partial charge in [-0.15, -0.1) is 11.3 Å². The van der Waals surface area contributed by atoms with Crippen LogP contribution in [0.3, 0.4) is 0 Å². The minimum absolute atomic E-state index is 0.503. The maximum absolute atomic E-state index is 5.46. The number of thioether (sulfide) groups is 1. The third-order valence-electron chi connectivity index (χ3n) is 1.53. The minimum atomic E-state index is 0.503. The highest BCUT2D eigenvalue weighted by atomic mass is 32.2. The van der Waals surface area contributed by atoms with Crippen LogP contribution in [0, 0.1) is 0 Å². The molecule has 0 N–H and O–H groups in total. The van der Waals surface area contributed by atoms with Crippen LogP contribution in [0.2, 0.25) is 0 Å². The van der Waals surface area contributed by atoms with Crippen molar-refractivity contribution < 1.29 is 4.74 Å².